The molecular weight excluding hydrogens is 651 g/mol. The van der Waals surface area contributed by atoms with Crippen molar-refractivity contribution in [3.8, 4) is 22.3 Å². The van der Waals surface area contributed by atoms with Gasteiger partial charge in [-0.25, -0.2) is 0 Å². The van der Waals surface area contributed by atoms with Crippen molar-refractivity contribution in [3.63, 3.8) is 0 Å². The molecule has 1 aliphatic rings. The Bertz CT molecular complexity index is 2910. The van der Waals surface area contributed by atoms with Crippen molar-refractivity contribution in [2.75, 3.05) is 5.43 Å². The van der Waals surface area contributed by atoms with Crippen molar-refractivity contribution in [1.29, 1.82) is 5.41 Å². The first kappa shape index (κ1) is 30.6. The van der Waals surface area contributed by atoms with Crippen LogP contribution in [0.15, 0.2) is 164 Å². The molecule has 0 unspecified atom stereocenters. The van der Waals surface area contributed by atoms with Gasteiger partial charge >= 0.3 is 0 Å². The third kappa shape index (κ3) is 4.68. The van der Waals surface area contributed by atoms with Gasteiger partial charge in [0.1, 0.15) is 0 Å². The molecule has 0 spiro atoms. The number of fused-ring (bicyclic) bond motifs is 9. The maximum Gasteiger partial charge on any atom is 0.0716 e. The van der Waals surface area contributed by atoms with E-state index in [-0.39, 0.29) is 5.41 Å². The third-order valence-electron chi connectivity index (χ3n) is 10.9. The quantitative estimate of drug-likeness (QED) is 0.168. The van der Waals surface area contributed by atoms with E-state index >= 15 is 0 Å². The van der Waals surface area contributed by atoms with Crippen LogP contribution in [0.2, 0.25) is 0 Å². The van der Waals surface area contributed by atoms with E-state index in [1.165, 1.54) is 64.3 Å². The van der Waals surface area contributed by atoms with E-state index in [2.05, 4.69) is 133 Å². The fraction of sp³-hybridized carbons (Fsp3) is 0.0625. The summed E-state index contributed by atoms with van der Waals surface area (Å²) in [6.45, 7) is 4.74. The Kier molecular flexibility index (Phi) is 6.86. The monoisotopic (exact) mass is 685 g/mol. The van der Waals surface area contributed by atoms with Crippen molar-refractivity contribution in [2.24, 2.45) is 0 Å². The van der Waals surface area contributed by atoms with Crippen LogP contribution < -0.4 is 5.43 Å². The molecule has 7 aromatic carbocycles. The highest BCUT2D eigenvalue weighted by Crippen LogP contribution is 2.52. The second-order valence-corrected chi connectivity index (χ2v) is 15.3. The molecule has 9 aromatic rings. The second kappa shape index (κ2) is 11.7. The number of hydrogen-bond donors (Lipinski definition) is 2. The van der Waals surface area contributed by atoms with Gasteiger partial charge in [-0.2, -0.15) is 0 Å². The number of hydrogen-bond acceptors (Lipinski definition) is 3. The fourth-order valence-electron chi connectivity index (χ4n) is 8.22. The van der Waals surface area contributed by atoms with Gasteiger partial charge in [-0.1, -0.05) is 141 Å². The van der Waals surface area contributed by atoms with E-state index in [0.29, 0.717) is 5.71 Å². The summed E-state index contributed by atoms with van der Waals surface area (Å²) in [4.78, 5) is 0. The van der Waals surface area contributed by atoms with E-state index in [1.807, 2.05) is 65.9 Å². The van der Waals surface area contributed by atoms with E-state index in [4.69, 9.17) is 5.41 Å². The Morgan fingerprint density at radius 3 is 2.06 bits per heavy atom. The van der Waals surface area contributed by atoms with Crippen LogP contribution in [-0.4, -0.2) is 10.4 Å². The number of benzene rings is 7. The zero-order valence-corrected chi connectivity index (χ0v) is 29.8. The SMILES string of the molecule is CC1(C)c2cc(-c3cccc4c3sc3ccccc34)ccc2-c2cc3c(cc21)c1ccccc1n3N/C(=C\C(=N)c1ccccc1)c1ccccc1. The molecule has 4 heteroatoms. The van der Waals surface area contributed by atoms with Crippen molar-refractivity contribution in [2.45, 2.75) is 19.3 Å². The first-order valence-electron chi connectivity index (χ1n) is 17.8. The normalized spacial score (nSPS) is 13.5. The maximum absolute atomic E-state index is 9.02. The van der Waals surface area contributed by atoms with Gasteiger partial charge in [0.2, 0.25) is 0 Å². The number of para-hydroxylation sites is 1. The molecule has 2 aromatic heterocycles. The first-order chi connectivity index (χ1) is 25.5. The van der Waals surface area contributed by atoms with Gasteiger partial charge in [0.25, 0.3) is 0 Å². The van der Waals surface area contributed by atoms with Crippen molar-refractivity contribution < 1.29 is 0 Å². The summed E-state index contributed by atoms with van der Waals surface area (Å²) < 4.78 is 4.88. The average Bonchev–Trinajstić information content (AvgIpc) is 3.79. The predicted octanol–water partition coefficient (Wildman–Crippen LogP) is 12.8. The van der Waals surface area contributed by atoms with Crippen LogP contribution in [0.3, 0.4) is 0 Å². The molecule has 0 fully saturated rings. The van der Waals surface area contributed by atoms with Crippen LogP contribution in [0, 0.1) is 5.41 Å². The number of thiophene rings is 1. The minimum absolute atomic E-state index is 0.181. The molecule has 0 amide bonds. The molecule has 3 nitrogen and oxygen atoms in total. The van der Waals surface area contributed by atoms with Crippen LogP contribution in [0.5, 0.6) is 0 Å². The fourth-order valence-corrected chi connectivity index (χ4v) is 9.46. The molecule has 2 N–H and O–H groups in total. The number of allylic oxidation sites excluding steroid dienone is 1. The molecule has 0 saturated heterocycles. The zero-order valence-electron chi connectivity index (χ0n) is 28.9. The first-order valence-corrected chi connectivity index (χ1v) is 18.6. The van der Waals surface area contributed by atoms with Gasteiger partial charge in [0.15, 0.2) is 0 Å². The summed E-state index contributed by atoms with van der Waals surface area (Å²) in [6.07, 6.45) is 1.94. The summed E-state index contributed by atoms with van der Waals surface area (Å²) >= 11 is 1.89. The smallest absolute Gasteiger partial charge is 0.0716 e. The molecule has 0 saturated carbocycles. The van der Waals surface area contributed by atoms with Crippen molar-refractivity contribution in [1.82, 2.24) is 4.68 Å². The van der Waals surface area contributed by atoms with Gasteiger partial charge in [-0.3, -0.25) is 10.1 Å². The molecule has 0 atom stereocenters. The lowest BCUT2D eigenvalue weighted by Crippen LogP contribution is -2.16. The third-order valence-corrected chi connectivity index (χ3v) is 12.1. The Morgan fingerprint density at radius 1 is 0.577 bits per heavy atom. The lowest BCUT2D eigenvalue weighted by Gasteiger charge is -2.22. The van der Waals surface area contributed by atoms with Crippen LogP contribution >= 0.6 is 11.3 Å². The van der Waals surface area contributed by atoms with Gasteiger partial charge in [-0.15, -0.1) is 11.3 Å². The molecule has 10 rings (SSSR count). The van der Waals surface area contributed by atoms with Gasteiger partial charge in [0.05, 0.1) is 22.4 Å². The Hall–Kier alpha value is -6.23. The Morgan fingerprint density at radius 2 is 1.25 bits per heavy atom. The lowest BCUT2D eigenvalue weighted by molar-refractivity contribution is 0.661. The van der Waals surface area contributed by atoms with Crippen LogP contribution in [0.4, 0.5) is 0 Å². The number of rotatable bonds is 6. The minimum atomic E-state index is -0.181. The van der Waals surface area contributed by atoms with Crippen LogP contribution in [0.1, 0.15) is 36.1 Å². The summed E-state index contributed by atoms with van der Waals surface area (Å²) in [7, 11) is 0. The van der Waals surface area contributed by atoms with E-state index in [1.54, 1.807) is 0 Å². The predicted molar refractivity (Wildman–Crippen MR) is 222 cm³/mol. The summed E-state index contributed by atoms with van der Waals surface area (Å²) in [5.41, 5.74) is 16.8. The highest BCUT2D eigenvalue weighted by molar-refractivity contribution is 7.26. The highest BCUT2D eigenvalue weighted by Gasteiger charge is 2.37. The standard InChI is InChI=1S/C48H35N3S/c1-48(2)40-26-32(33-20-13-21-37-36-19-10-12-23-46(36)52-47(33)37)24-25-34(40)38-28-45-39(27-41(38)48)35-18-9-11-22-44(35)51(45)50-43(31-16-7-4-8-17-31)29-42(49)30-14-5-3-6-15-30/h3-29,49-50H,1-2H3/b43-29-,49-42?. The molecule has 0 aliphatic heterocycles. The Labute approximate surface area is 306 Å². The van der Waals surface area contributed by atoms with E-state index in [0.717, 1.165) is 27.9 Å². The molecule has 2 heterocycles. The number of nitrogens with zero attached hydrogens (tertiary/aromatic N) is 1. The van der Waals surface area contributed by atoms with E-state index in [9.17, 15) is 0 Å². The largest absolute Gasteiger partial charge is 0.300 e. The average molecular weight is 686 g/mol. The molecule has 0 radical (unpaired) electrons. The second-order valence-electron chi connectivity index (χ2n) is 14.2. The van der Waals surface area contributed by atoms with Crippen molar-refractivity contribution in [3.05, 3.63) is 186 Å². The molecule has 1 aliphatic carbocycles. The minimum Gasteiger partial charge on any atom is -0.300 e. The summed E-state index contributed by atoms with van der Waals surface area (Å²) in [6, 6.07) is 56.2. The van der Waals surface area contributed by atoms with Gasteiger partial charge in [0, 0.05) is 36.4 Å². The maximum atomic E-state index is 9.02. The van der Waals surface area contributed by atoms with Gasteiger partial charge < -0.3 is 5.41 Å². The summed E-state index contributed by atoms with van der Waals surface area (Å²) in [5, 5.41) is 14.1. The molecule has 0 bridgehead atoms. The summed E-state index contributed by atoms with van der Waals surface area (Å²) in [5.74, 6) is 0. The number of nitrogens with one attached hydrogen (secondary N) is 2. The highest BCUT2D eigenvalue weighted by atomic mass is 32.1. The molecule has 52 heavy (non-hydrogen) atoms. The van der Waals surface area contributed by atoms with Gasteiger partial charge in [-0.05, 0) is 80.9 Å². The molecular formula is C48H35N3S. The van der Waals surface area contributed by atoms with Crippen LogP contribution in [0.25, 0.3) is 69.9 Å². The topological polar surface area (TPSA) is 40.8 Å². The lowest BCUT2D eigenvalue weighted by atomic mass is 9.81. The van der Waals surface area contributed by atoms with Crippen molar-refractivity contribution >= 4 is 64.7 Å². The molecule has 248 valence electrons. The van der Waals surface area contributed by atoms with E-state index < -0.39 is 0 Å². The number of aromatic nitrogens is 1. The van der Waals surface area contributed by atoms with Crippen LogP contribution in [-0.2, 0) is 5.41 Å². The zero-order chi connectivity index (χ0) is 35.0. The Balaban J connectivity index is 1.14.